The molecule has 0 saturated carbocycles. The highest BCUT2D eigenvalue weighted by molar-refractivity contribution is 5.68. The van der Waals surface area contributed by atoms with Crippen LogP contribution >= 0.6 is 0 Å². The van der Waals surface area contributed by atoms with Gasteiger partial charge in [-0.1, -0.05) is 18.2 Å². The number of nitrogens with two attached hydrogens (primary N) is 1. The third kappa shape index (κ3) is 2.20. The van der Waals surface area contributed by atoms with Crippen molar-refractivity contribution in [3.8, 4) is 11.3 Å². The Morgan fingerprint density at radius 3 is 2.88 bits per heavy atom. The predicted octanol–water partition coefficient (Wildman–Crippen LogP) is 2.38. The summed E-state index contributed by atoms with van der Waals surface area (Å²) in [6.07, 6.45) is 0. The summed E-state index contributed by atoms with van der Waals surface area (Å²) in [5.41, 5.74) is 9.37. The van der Waals surface area contributed by atoms with Gasteiger partial charge in [0.1, 0.15) is 5.82 Å². The van der Waals surface area contributed by atoms with Crippen LogP contribution in [-0.2, 0) is 0 Å². The second-order valence-electron chi connectivity index (χ2n) is 3.87. The van der Waals surface area contributed by atoms with E-state index in [-0.39, 0.29) is 11.8 Å². The first kappa shape index (κ1) is 8.06. The first-order valence-corrected chi connectivity index (χ1v) is 5.25. The molecule has 0 atom stereocenters. The summed E-state index contributed by atoms with van der Waals surface area (Å²) >= 11 is 0. The van der Waals surface area contributed by atoms with Crippen LogP contribution < -0.4 is 11.1 Å². The van der Waals surface area contributed by atoms with Crippen molar-refractivity contribution in [2.75, 3.05) is 18.0 Å². The zero-order valence-electron chi connectivity index (χ0n) is 12.8. The summed E-state index contributed by atoms with van der Waals surface area (Å²) < 4.78 is 21.6. The topological polar surface area (TPSA) is 63.8 Å². The molecule has 0 aliphatic heterocycles. The fourth-order valence-electron chi connectivity index (χ4n) is 1.70. The van der Waals surface area contributed by atoms with Crippen molar-refractivity contribution in [1.29, 1.82) is 0 Å². The van der Waals surface area contributed by atoms with Crippen molar-refractivity contribution in [3.63, 3.8) is 0 Å². The second kappa shape index (κ2) is 4.41. The number of nitrogen functional groups attached to an aromatic ring is 1. The van der Waals surface area contributed by atoms with Gasteiger partial charge in [-0.25, -0.2) is 4.98 Å². The van der Waals surface area contributed by atoms with Gasteiger partial charge in [0.15, 0.2) is 0 Å². The number of rotatable bonds is 2. The van der Waals surface area contributed by atoms with Crippen LogP contribution in [0.1, 0.15) is 15.2 Å². The van der Waals surface area contributed by atoms with Crippen LogP contribution in [0, 0.1) is 13.8 Å². The van der Waals surface area contributed by atoms with E-state index in [0.29, 0.717) is 5.69 Å². The average Bonchev–Trinajstić information content (AvgIpc) is 2.29. The third-order valence-corrected chi connectivity index (χ3v) is 2.75. The van der Waals surface area contributed by atoms with Gasteiger partial charge in [0.05, 0.1) is 5.69 Å². The van der Waals surface area contributed by atoms with Gasteiger partial charge >= 0.3 is 0 Å². The fraction of sp³-hybridized carbons (Fsp3) is 0.231. The van der Waals surface area contributed by atoms with Gasteiger partial charge in [0, 0.05) is 22.7 Å². The average molecular weight is 231 g/mol. The van der Waals surface area contributed by atoms with Crippen LogP contribution in [0.5, 0.6) is 0 Å². The van der Waals surface area contributed by atoms with Crippen molar-refractivity contribution in [2.24, 2.45) is 0 Å². The lowest BCUT2D eigenvalue weighted by Crippen LogP contribution is -2.01. The number of aryl methyl sites for hydroxylation is 1. The smallest absolute Gasteiger partial charge is 0.222 e. The summed E-state index contributed by atoms with van der Waals surface area (Å²) in [7, 11) is 0. The van der Waals surface area contributed by atoms with E-state index < -0.39 is 6.98 Å². The highest BCUT2D eigenvalue weighted by Crippen LogP contribution is 2.25. The quantitative estimate of drug-likeness (QED) is 0.833. The highest BCUT2D eigenvalue weighted by atomic mass is 15.1. The molecule has 4 heteroatoms. The number of nitrogens with one attached hydrogen (secondary N) is 1. The lowest BCUT2D eigenvalue weighted by atomic mass is 10.0. The van der Waals surface area contributed by atoms with E-state index >= 15 is 0 Å². The van der Waals surface area contributed by atoms with Crippen LogP contribution in [0.3, 0.4) is 0 Å². The van der Waals surface area contributed by atoms with E-state index in [4.69, 9.17) is 9.85 Å². The Labute approximate surface area is 105 Å². The molecule has 4 nitrogen and oxygen atoms in total. The van der Waals surface area contributed by atoms with E-state index in [1.165, 1.54) is 0 Å². The normalized spacial score (nSPS) is 13.6. The van der Waals surface area contributed by atoms with Crippen LogP contribution in [-0.4, -0.2) is 16.9 Å². The Balaban J connectivity index is 2.50. The lowest BCUT2D eigenvalue weighted by Gasteiger charge is -2.09. The Hall–Kier alpha value is -2.10. The molecule has 0 spiro atoms. The molecule has 0 aliphatic rings. The van der Waals surface area contributed by atoms with Crippen molar-refractivity contribution in [1.82, 2.24) is 9.97 Å². The zero-order chi connectivity index (χ0) is 14.9. The molecule has 0 amide bonds. The number of anilines is 2. The standard InChI is InChI=1S/C13H16N4/c1-8-5-4-6-10(9(8)2)11-7-12(15-3)17-13(14)16-11/h4-7H,1-3H3,(H3,14,15,16,17)/i3D3. The van der Waals surface area contributed by atoms with E-state index in [2.05, 4.69) is 15.3 Å². The first-order valence-electron chi connectivity index (χ1n) is 6.75. The first-order chi connectivity index (χ1) is 9.26. The summed E-state index contributed by atoms with van der Waals surface area (Å²) in [6, 6.07) is 7.44. The van der Waals surface area contributed by atoms with Crippen molar-refractivity contribution < 1.29 is 4.11 Å². The molecule has 0 saturated heterocycles. The molecule has 1 heterocycles. The Bertz CT molecular complexity index is 638. The van der Waals surface area contributed by atoms with Crippen molar-refractivity contribution in [2.45, 2.75) is 13.8 Å². The maximum atomic E-state index is 7.21. The molecule has 0 bridgehead atoms. The molecule has 3 N–H and O–H groups in total. The van der Waals surface area contributed by atoms with Crippen LogP contribution in [0.4, 0.5) is 11.8 Å². The van der Waals surface area contributed by atoms with E-state index in [1.807, 2.05) is 32.0 Å². The third-order valence-electron chi connectivity index (χ3n) is 2.75. The van der Waals surface area contributed by atoms with Gasteiger partial charge in [-0.3, -0.25) is 0 Å². The largest absolute Gasteiger partial charge is 0.373 e. The maximum absolute atomic E-state index is 7.21. The second-order valence-corrected chi connectivity index (χ2v) is 3.87. The molecule has 17 heavy (non-hydrogen) atoms. The monoisotopic (exact) mass is 231 g/mol. The van der Waals surface area contributed by atoms with Crippen molar-refractivity contribution >= 4 is 11.8 Å². The van der Waals surface area contributed by atoms with Crippen LogP contribution in [0.2, 0.25) is 0 Å². The number of nitrogens with zero attached hydrogens (tertiary/aromatic N) is 2. The number of benzene rings is 1. The molecule has 0 radical (unpaired) electrons. The summed E-state index contributed by atoms with van der Waals surface area (Å²) in [5, 5.41) is 2.34. The van der Waals surface area contributed by atoms with E-state index in [1.54, 1.807) is 6.07 Å². The molecule has 1 aromatic heterocycles. The fourth-order valence-corrected chi connectivity index (χ4v) is 1.70. The Kier molecular flexibility index (Phi) is 2.09. The van der Waals surface area contributed by atoms with Gasteiger partial charge < -0.3 is 11.1 Å². The van der Waals surface area contributed by atoms with Crippen LogP contribution in [0.15, 0.2) is 24.3 Å². The number of aromatic nitrogens is 2. The van der Waals surface area contributed by atoms with E-state index in [0.717, 1.165) is 16.7 Å². The molecular weight excluding hydrogens is 212 g/mol. The maximum Gasteiger partial charge on any atom is 0.222 e. The van der Waals surface area contributed by atoms with Gasteiger partial charge in [-0.15, -0.1) is 0 Å². The van der Waals surface area contributed by atoms with Gasteiger partial charge in [-0.2, -0.15) is 4.98 Å². The highest BCUT2D eigenvalue weighted by Gasteiger charge is 2.07. The molecular formula is C13H16N4. The molecule has 2 rings (SSSR count). The molecule has 1 aromatic carbocycles. The molecule has 0 unspecified atom stereocenters. The summed E-state index contributed by atoms with van der Waals surface area (Å²) in [4.78, 5) is 8.07. The Morgan fingerprint density at radius 2 is 2.12 bits per heavy atom. The number of hydrogen-bond acceptors (Lipinski definition) is 4. The SMILES string of the molecule is [2H]C([2H])([2H])Nc1cc(-c2cccc(C)c2C)nc(N)n1. The predicted molar refractivity (Wildman–Crippen MR) is 70.9 cm³/mol. The van der Waals surface area contributed by atoms with Crippen LogP contribution in [0.25, 0.3) is 11.3 Å². The Morgan fingerprint density at radius 1 is 1.29 bits per heavy atom. The molecule has 0 aliphatic carbocycles. The molecule has 2 aromatic rings. The molecule has 88 valence electrons. The van der Waals surface area contributed by atoms with Gasteiger partial charge in [0.25, 0.3) is 0 Å². The van der Waals surface area contributed by atoms with Gasteiger partial charge in [0.2, 0.25) is 5.95 Å². The lowest BCUT2D eigenvalue weighted by molar-refractivity contribution is 1.17. The van der Waals surface area contributed by atoms with Gasteiger partial charge in [-0.05, 0) is 25.0 Å². The minimum atomic E-state index is -2.32. The van der Waals surface area contributed by atoms with Crippen molar-refractivity contribution in [3.05, 3.63) is 35.4 Å². The number of hydrogen-bond donors (Lipinski definition) is 2. The molecule has 0 fully saturated rings. The summed E-state index contributed by atoms with van der Waals surface area (Å²) in [5.74, 6) is 0.226. The minimum absolute atomic E-state index is 0.0372. The minimum Gasteiger partial charge on any atom is -0.373 e. The van der Waals surface area contributed by atoms with E-state index in [9.17, 15) is 0 Å². The summed E-state index contributed by atoms with van der Waals surface area (Å²) in [6.45, 7) is 1.67. The zero-order valence-corrected chi connectivity index (χ0v) is 9.78.